The van der Waals surface area contributed by atoms with Crippen LogP contribution in [0.15, 0.2) is 36.8 Å². The number of aromatic nitrogens is 3. The molecule has 2 N–H and O–H groups in total. The number of hydrogen-bond donors (Lipinski definition) is 2. The molecule has 12 heteroatoms. The summed E-state index contributed by atoms with van der Waals surface area (Å²) in [6.07, 6.45) is 7.54. The Hall–Kier alpha value is -3.51. The van der Waals surface area contributed by atoms with Crippen LogP contribution in [0.2, 0.25) is 0 Å². The van der Waals surface area contributed by atoms with Crippen LogP contribution in [-0.4, -0.2) is 79.9 Å². The number of benzene rings is 1. The zero-order valence-corrected chi connectivity index (χ0v) is 22.3. The Balaban J connectivity index is 1.33. The van der Waals surface area contributed by atoms with E-state index in [-0.39, 0.29) is 29.4 Å². The lowest BCUT2D eigenvalue weighted by Crippen LogP contribution is -2.45. The minimum atomic E-state index is -3.51. The number of hydrogen-bond acceptors (Lipinski definition) is 9. The number of fused-ring (bicyclic) bond motifs is 1. The van der Waals surface area contributed by atoms with Gasteiger partial charge in [-0.2, -0.15) is 0 Å². The van der Waals surface area contributed by atoms with Crippen LogP contribution >= 0.6 is 0 Å². The molecule has 202 valence electrons. The van der Waals surface area contributed by atoms with Crippen LogP contribution in [0.3, 0.4) is 0 Å². The van der Waals surface area contributed by atoms with E-state index in [1.54, 1.807) is 12.3 Å². The number of piperidine rings is 1. The molecular formula is C26H32N6O5S. The fourth-order valence-electron chi connectivity index (χ4n) is 5.04. The van der Waals surface area contributed by atoms with Gasteiger partial charge < -0.3 is 19.7 Å². The maximum atomic E-state index is 12.9. The summed E-state index contributed by atoms with van der Waals surface area (Å²) >= 11 is 0. The maximum absolute atomic E-state index is 12.9. The summed E-state index contributed by atoms with van der Waals surface area (Å²) < 4.78 is 36.7. The Kier molecular flexibility index (Phi) is 7.61. The Morgan fingerprint density at radius 3 is 2.53 bits per heavy atom. The SMILES string of the molecule is COc1ncc(-c2ccc3ncnc(NC4CCN(C(=O)C5CCOCC5)CC4)c3c2)cc1NS(C)(=O)=O. The van der Waals surface area contributed by atoms with Crippen LogP contribution in [0.5, 0.6) is 5.88 Å². The van der Waals surface area contributed by atoms with E-state index >= 15 is 0 Å². The quantitative estimate of drug-likeness (QED) is 0.464. The van der Waals surface area contributed by atoms with Gasteiger partial charge in [0, 0.05) is 55.4 Å². The molecule has 2 saturated heterocycles. The summed E-state index contributed by atoms with van der Waals surface area (Å²) in [6, 6.07) is 7.66. The first-order valence-electron chi connectivity index (χ1n) is 12.7. The minimum Gasteiger partial charge on any atom is -0.480 e. The van der Waals surface area contributed by atoms with Crippen molar-refractivity contribution in [3.05, 3.63) is 36.8 Å². The van der Waals surface area contributed by atoms with Crippen LogP contribution in [0.4, 0.5) is 11.5 Å². The third-order valence-corrected chi connectivity index (χ3v) is 7.62. The van der Waals surface area contributed by atoms with Gasteiger partial charge in [-0.05, 0) is 49.4 Å². The minimum absolute atomic E-state index is 0.0816. The first-order valence-corrected chi connectivity index (χ1v) is 14.6. The van der Waals surface area contributed by atoms with Gasteiger partial charge in [0.15, 0.2) is 0 Å². The Morgan fingerprint density at radius 2 is 1.82 bits per heavy atom. The molecule has 11 nitrogen and oxygen atoms in total. The van der Waals surface area contributed by atoms with E-state index in [1.807, 2.05) is 23.1 Å². The molecule has 0 saturated carbocycles. The van der Waals surface area contributed by atoms with Crippen LogP contribution < -0.4 is 14.8 Å². The molecule has 2 aliphatic heterocycles. The van der Waals surface area contributed by atoms with Gasteiger partial charge in [0.25, 0.3) is 0 Å². The van der Waals surface area contributed by atoms with E-state index in [2.05, 4.69) is 25.0 Å². The zero-order valence-electron chi connectivity index (χ0n) is 21.5. The van der Waals surface area contributed by atoms with Gasteiger partial charge in [-0.3, -0.25) is 9.52 Å². The number of likely N-dealkylation sites (tertiary alicyclic amines) is 1. The van der Waals surface area contributed by atoms with Gasteiger partial charge in [-0.1, -0.05) is 6.07 Å². The highest BCUT2D eigenvalue weighted by Gasteiger charge is 2.29. The van der Waals surface area contributed by atoms with Gasteiger partial charge in [0.1, 0.15) is 17.8 Å². The third kappa shape index (κ3) is 5.97. The second kappa shape index (κ2) is 11.1. The van der Waals surface area contributed by atoms with Crippen LogP contribution in [-0.2, 0) is 19.6 Å². The topological polar surface area (TPSA) is 136 Å². The number of methoxy groups -OCH3 is 1. The molecule has 0 radical (unpaired) electrons. The lowest BCUT2D eigenvalue weighted by atomic mass is 9.96. The molecule has 5 rings (SSSR count). The molecule has 0 spiro atoms. The number of nitrogens with zero attached hydrogens (tertiary/aromatic N) is 4. The predicted molar refractivity (Wildman–Crippen MR) is 145 cm³/mol. The molecule has 1 amide bonds. The lowest BCUT2D eigenvalue weighted by Gasteiger charge is -2.35. The van der Waals surface area contributed by atoms with E-state index in [4.69, 9.17) is 9.47 Å². The molecule has 2 aliphatic rings. The number of sulfonamides is 1. The summed E-state index contributed by atoms with van der Waals surface area (Å²) in [6.45, 7) is 2.77. The van der Waals surface area contributed by atoms with Crippen LogP contribution in [0.25, 0.3) is 22.0 Å². The molecule has 0 atom stereocenters. The Bertz CT molecular complexity index is 1420. The summed E-state index contributed by atoms with van der Waals surface area (Å²) in [5.41, 5.74) is 2.60. The summed E-state index contributed by atoms with van der Waals surface area (Å²) in [5.74, 6) is 1.24. The van der Waals surface area contributed by atoms with Crippen molar-refractivity contribution in [1.29, 1.82) is 0 Å². The number of ether oxygens (including phenoxy) is 2. The van der Waals surface area contributed by atoms with Crippen LogP contribution in [0.1, 0.15) is 25.7 Å². The second-order valence-corrected chi connectivity index (χ2v) is 11.5. The number of carbonyl (C=O) groups is 1. The third-order valence-electron chi connectivity index (χ3n) is 7.03. The Labute approximate surface area is 222 Å². The van der Waals surface area contributed by atoms with E-state index in [9.17, 15) is 13.2 Å². The maximum Gasteiger partial charge on any atom is 0.238 e. The van der Waals surface area contributed by atoms with Gasteiger partial charge >= 0.3 is 0 Å². The molecule has 2 fully saturated rings. The second-order valence-electron chi connectivity index (χ2n) is 9.74. The number of rotatable bonds is 7. The largest absolute Gasteiger partial charge is 0.480 e. The van der Waals surface area contributed by atoms with Crippen molar-refractivity contribution in [3.8, 4) is 17.0 Å². The fourth-order valence-corrected chi connectivity index (χ4v) is 5.58. The normalized spacial score (nSPS) is 17.4. The Morgan fingerprint density at radius 1 is 1.05 bits per heavy atom. The van der Waals surface area contributed by atoms with Gasteiger partial charge in [0.2, 0.25) is 21.8 Å². The lowest BCUT2D eigenvalue weighted by molar-refractivity contribution is -0.139. The van der Waals surface area contributed by atoms with E-state index in [1.165, 1.54) is 13.4 Å². The number of nitrogens with one attached hydrogen (secondary N) is 2. The predicted octanol–water partition coefficient (Wildman–Crippen LogP) is 2.90. The fraction of sp³-hybridized carbons (Fsp3) is 0.462. The zero-order chi connectivity index (χ0) is 26.7. The van der Waals surface area contributed by atoms with Gasteiger partial charge in [0.05, 0.1) is 18.9 Å². The highest BCUT2D eigenvalue weighted by Crippen LogP contribution is 2.32. The van der Waals surface area contributed by atoms with E-state index < -0.39 is 10.0 Å². The number of pyridine rings is 1. The molecule has 1 aromatic carbocycles. The summed E-state index contributed by atoms with van der Waals surface area (Å²) in [4.78, 5) is 28.1. The van der Waals surface area contributed by atoms with Crippen molar-refractivity contribution in [2.75, 3.05) is 49.7 Å². The number of anilines is 2. The molecule has 0 bridgehead atoms. The molecule has 38 heavy (non-hydrogen) atoms. The summed E-state index contributed by atoms with van der Waals surface area (Å²) in [7, 11) is -2.08. The van der Waals surface area contributed by atoms with Gasteiger partial charge in [-0.25, -0.2) is 23.4 Å². The standard InChI is InChI=1S/C26H32N6O5S/c1-36-25-23(31-38(2,34)35)14-19(15-27-25)18-3-4-22-21(13-18)24(29-16-28-22)30-20-5-9-32(10-6-20)26(33)17-7-11-37-12-8-17/h3-4,13-17,20,31H,5-12H2,1-2H3,(H,28,29,30). The average molecular weight is 541 g/mol. The van der Waals surface area contributed by atoms with Gasteiger partial charge in [-0.15, -0.1) is 0 Å². The first-order chi connectivity index (χ1) is 18.3. The van der Waals surface area contributed by atoms with Crippen molar-refractivity contribution in [1.82, 2.24) is 19.9 Å². The monoisotopic (exact) mass is 540 g/mol. The smallest absolute Gasteiger partial charge is 0.238 e. The van der Waals surface area contributed by atoms with E-state index in [0.29, 0.717) is 18.8 Å². The molecule has 0 unspecified atom stereocenters. The van der Waals surface area contributed by atoms with Crippen molar-refractivity contribution in [2.45, 2.75) is 31.7 Å². The average Bonchev–Trinajstić information content (AvgIpc) is 2.92. The molecular weight excluding hydrogens is 508 g/mol. The number of carbonyl (C=O) groups excluding carboxylic acids is 1. The number of amides is 1. The van der Waals surface area contributed by atoms with Crippen molar-refractivity contribution in [3.63, 3.8) is 0 Å². The van der Waals surface area contributed by atoms with E-state index in [0.717, 1.165) is 67.3 Å². The van der Waals surface area contributed by atoms with Crippen molar-refractivity contribution in [2.24, 2.45) is 5.92 Å². The highest BCUT2D eigenvalue weighted by molar-refractivity contribution is 7.92. The molecule has 4 heterocycles. The van der Waals surface area contributed by atoms with Crippen molar-refractivity contribution < 1.29 is 22.7 Å². The molecule has 0 aliphatic carbocycles. The summed E-state index contributed by atoms with van der Waals surface area (Å²) in [5, 5.41) is 4.41. The van der Waals surface area contributed by atoms with Crippen LogP contribution in [0, 0.1) is 5.92 Å². The van der Waals surface area contributed by atoms with Crippen molar-refractivity contribution >= 4 is 38.3 Å². The molecule has 2 aromatic heterocycles. The highest BCUT2D eigenvalue weighted by atomic mass is 32.2. The first kappa shape index (κ1) is 26.1. The molecule has 3 aromatic rings.